The first-order valence-electron chi connectivity index (χ1n) is 19.3. The van der Waals surface area contributed by atoms with Gasteiger partial charge >= 0.3 is 17.9 Å². The molecule has 0 aromatic heterocycles. The van der Waals surface area contributed by atoms with Gasteiger partial charge in [-0.1, -0.05) is 138 Å². The zero-order valence-corrected chi connectivity index (χ0v) is 30.9. The summed E-state index contributed by atoms with van der Waals surface area (Å²) in [4.78, 5) is 71.9. The van der Waals surface area contributed by atoms with E-state index in [-0.39, 0.29) is 42.7 Å². The molecule has 0 saturated carbocycles. The molecule has 10 heteroatoms. The molecule has 286 valence electrons. The maximum Gasteiger partial charge on any atom is 0.317 e. The fraction of sp³-hybridized carbons (Fsp3) is 0.488. The third-order valence-electron chi connectivity index (χ3n) is 9.29. The van der Waals surface area contributed by atoms with E-state index in [0.29, 0.717) is 11.4 Å². The van der Waals surface area contributed by atoms with Crippen LogP contribution in [-0.2, 0) is 28.7 Å². The van der Waals surface area contributed by atoms with Crippen LogP contribution in [0.2, 0.25) is 0 Å². The van der Waals surface area contributed by atoms with Crippen molar-refractivity contribution in [1.82, 2.24) is 0 Å². The second kappa shape index (κ2) is 25.2. The number of allylic oxidation sites excluding steroid dienone is 3. The van der Waals surface area contributed by atoms with Gasteiger partial charge in [0, 0.05) is 23.4 Å². The number of rotatable bonds is 27. The number of ether oxygens (including phenoxy) is 1. The lowest BCUT2D eigenvalue weighted by Crippen LogP contribution is -2.21. The monoisotopic (exact) mass is 728 g/mol. The van der Waals surface area contributed by atoms with Crippen LogP contribution >= 0.6 is 0 Å². The molecule has 1 aliphatic heterocycles. The number of unbranched alkanes of at least 4 members (excludes halogenated alkanes) is 14. The number of para-hydroxylation sites is 1. The number of Topliss-reactive ketones (excluding diaryl/α,β-unsaturated/α-hetero) is 1. The van der Waals surface area contributed by atoms with Crippen LogP contribution in [0.25, 0.3) is 0 Å². The number of benzene rings is 2. The molecule has 53 heavy (non-hydrogen) atoms. The highest BCUT2D eigenvalue weighted by Gasteiger charge is 2.32. The van der Waals surface area contributed by atoms with Gasteiger partial charge < -0.3 is 20.5 Å². The SMILES string of the molecule is O=C(CC(=O)c1cccc(NC(=O)C[C@H](/C=C/C=C\CCCCCCCCCCCCCCCC[C@H]2CC(=O)OC2=O)C(=O)O)c1)Nc1ccccc1. The average molecular weight is 729 g/mol. The van der Waals surface area contributed by atoms with Crippen molar-refractivity contribution in [3.63, 3.8) is 0 Å². The molecule has 1 aliphatic rings. The quantitative estimate of drug-likeness (QED) is 0.0270. The molecule has 1 heterocycles. The van der Waals surface area contributed by atoms with Crippen LogP contribution in [-0.4, -0.2) is 40.6 Å². The lowest BCUT2D eigenvalue weighted by molar-refractivity contribution is -0.153. The highest BCUT2D eigenvalue weighted by atomic mass is 16.6. The summed E-state index contributed by atoms with van der Waals surface area (Å²) in [5.74, 6) is -4.37. The third-order valence-corrected chi connectivity index (χ3v) is 9.29. The molecule has 0 bridgehead atoms. The van der Waals surface area contributed by atoms with Gasteiger partial charge in [0.15, 0.2) is 5.78 Å². The number of cyclic esters (lactones) is 2. The Morgan fingerprint density at radius 2 is 1.30 bits per heavy atom. The molecule has 1 saturated heterocycles. The third kappa shape index (κ3) is 18.5. The molecule has 3 N–H and O–H groups in total. The molecule has 0 spiro atoms. The summed E-state index contributed by atoms with van der Waals surface area (Å²) in [5, 5.41) is 15.0. The Labute approximate surface area is 313 Å². The minimum absolute atomic E-state index is 0.210. The van der Waals surface area contributed by atoms with Gasteiger partial charge in [-0.2, -0.15) is 0 Å². The van der Waals surface area contributed by atoms with E-state index in [9.17, 15) is 33.9 Å². The van der Waals surface area contributed by atoms with Crippen LogP contribution in [0, 0.1) is 11.8 Å². The Bertz CT molecular complexity index is 1530. The molecule has 10 nitrogen and oxygen atoms in total. The minimum Gasteiger partial charge on any atom is -0.481 e. The molecule has 0 aliphatic carbocycles. The van der Waals surface area contributed by atoms with E-state index in [1.807, 2.05) is 18.2 Å². The fourth-order valence-electron chi connectivity index (χ4n) is 6.28. The Morgan fingerprint density at radius 3 is 1.91 bits per heavy atom. The topological polar surface area (TPSA) is 156 Å². The van der Waals surface area contributed by atoms with E-state index in [0.717, 1.165) is 38.5 Å². The number of anilines is 2. The number of nitrogens with one attached hydrogen (secondary N) is 2. The van der Waals surface area contributed by atoms with Crippen molar-refractivity contribution in [3.8, 4) is 0 Å². The number of esters is 2. The van der Waals surface area contributed by atoms with Crippen LogP contribution in [0.15, 0.2) is 78.9 Å². The van der Waals surface area contributed by atoms with Crippen LogP contribution in [0.5, 0.6) is 0 Å². The molecular weight excluding hydrogens is 672 g/mol. The van der Waals surface area contributed by atoms with Gasteiger partial charge in [0.05, 0.1) is 24.7 Å². The second-order valence-electron chi connectivity index (χ2n) is 13.8. The first kappa shape index (κ1) is 42.6. The fourth-order valence-corrected chi connectivity index (χ4v) is 6.28. The maximum absolute atomic E-state index is 12.7. The van der Waals surface area contributed by atoms with Crippen molar-refractivity contribution in [2.24, 2.45) is 11.8 Å². The molecule has 0 unspecified atom stereocenters. The molecule has 0 radical (unpaired) electrons. The van der Waals surface area contributed by atoms with Crippen molar-refractivity contribution < 1.29 is 38.6 Å². The molecule has 2 aromatic rings. The number of hydrogen-bond acceptors (Lipinski definition) is 7. The van der Waals surface area contributed by atoms with Crippen molar-refractivity contribution in [1.29, 1.82) is 0 Å². The number of amides is 2. The predicted molar refractivity (Wildman–Crippen MR) is 206 cm³/mol. The van der Waals surface area contributed by atoms with Gasteiger partial charge in [-0.05, 0) is 43.5 Å². The molecule has 1 fully saturated rings. The summed E-state index contributed by atoms with van der Waals surface area (Å²) in [5.41, 5.74) is 1.20. The molecular formula is C43H56N2O8. The lowest BCUT2D eigenvalue weighted by atomic mass is 9.98. The number of hydrogen-bond donors (Lipinski definition) is 3. The standard InChI is InChI=1S/C43H56N2O8/c46-38(32-40(48)44-36-26-20-17-21-27-36)33-25-22-28-37(29-33)45-39(47)30-34(42(50)51)23-18-15-13-11-9-7-5-3-1-2-4-6-8-10-12-14-16-19-24-35-31-41(49)53-43(35)52/h13,15,17-18,20-23,25-29,34-35H,1-12,14,16,19,24,30-32H2,(H,44,48)(H,45,47)(H,50,51)/b15-13-,23-18+/t34-,35-/m0/s1. The highest BCUT2D eigenvalue weighted by Crippen LogP contribution is 2.23. The number of carboxylic acids is 1. The smallest absolute Gasteiger partial charge is 0.317 e. The first-order valence-corrected chi connectivity index (χ1v) is 19.3. The van der Waals surface area contributed by atoms with E-state index in [1.54, 1.807) is 48.5 Å². The zero-order valence-electron chi connectivity index (χ0n) is 30.9. The van der Waals surface area contributed by atoms with E-state index in [2.05, 4.69) is 15.4 Å². The van der Waals surface area contributed by atoms with Crippen molar-refractivity contribution in [2.75, 3.05) is 10.6 Å². The molecule has 2 atom stereocenters. The van der Waals surface area contributed by atoms with Crippen molar-refractivity contribution in [3.05, 3.63) is 84.5 Å². The summed E-state index contributed by atoms with van der Waals surface area (Å²) in [6.07, 6.45) is 25.3. The number of carbonyl (C=O) groups is 6. The van der Waals surface area contributed by atoms with Gasteiger partial charge in [0.2, 0.25) is 11.8 Å². The van der Waals surface area contributed by atoms with Crippen LogP contribution in [0.1, 0.15) is 132 Å². The van der Waals surface area contributed by atoms with E-state index in [4.69, 9.17) is 0 Å². The summed E-state index contributed by atoms with van der Waals surface area (Å²) < 4.78 is 4.60. The molecule has 3 rings (SSSR count). The van der Waals surface area contributed by atoms with E-state index >= 15 is 0 Å². The Morgan fingerprint density at radius 1 is 0.717 bits per heavy atom. The Kier molecular flexibility index (Phi) is 20.2. The minimum atomic E-state index is -1.10. The normalized spacial score (nSPS) is 14.8. The van der Waals surface area contributed by atoms with E-state index < -0.39 is 29.5 Å². The molecule has 2 aromatic carbocycles. The van der Waals surface area contributed by atoms with Gasteiger partial charge in [0.25, 0.3) is 0 Å². The summed E-state index contributed by atoms with van der Waals surface area (Å²) in [6, 6.07) is 15.1. The summed E-state index contributed by atoms with van der Waals surface area (Å²) >= 11 is 0. The van der Waals surface area contributed by atoms with Crippen LogP contribution in [0.3, 0.4) is 0 Å². The largest absolute Gasteiger partial charge is 0.481 e. The average Bonchev–Trinajstić information content (AvgIpc) is 3.46. The van der Waals surface area contributed by atoms with Crippen molar-refractivity contribution >= 4 is 46.9 Å². The van der Waals surface area contributed by atoms with Gasteiger partial charge in [-0.25, -0.2) is 0 Å². The zero-order chi connectivity index (χ0) is 38.1. The highest BCUT2D eigenvalue weighted by molar-refractivity contribution is 6.11. The van der Waals surface area contributed by atoms with Crippen molar-refractivity contribution in [2.45, 2.75) is 122 Å². The van der Waals surface area contributed by atoms with E-state index in [1.165, 1.54) is 76.4 Å². The van der Waals surface area contributed by atoms with Gasteiger partial charge in [-0.15, -0.1) is 0 Å². The number of ketones is 1. The van der Waals surface area contributed by atoms with Gasteiger partial charge in [0.1, 0.15) is 0 Å². The number of carbonyl (C=O) groups excluding carboxylic acids is 5. The summed E-state index contributed by atoms with van der Waals surface area (Å²) in [7, 11) is 0. The predicted octanol–water partition coefficient (Wildman–Crippen LogP) is 9.37. The first-order chi connectivity index (χ1) is 25.7. The summed E-state index contributed by atoms with van der Waals surface area (Å²) in [6.45, 7) is 0. The molecule has 2 amide bonds. The van der Waals surface area contributed by atoms with Crippen LogP contribution in [0.4, 0.5) is 11.4 Å². The number of aliphatic carboxylic acids is 1. The maximum atomic E-state index is 12.7. The lowest BCUT2D eigenvalue weighted by Gasteiger charge is -2.10. The second-order valence-corrected chi connectivity index (χ2v) is 13.8. The number of carboxylic acid groups (broad SMARTS) is 1. The Balaban J connectivity index is 1.18. The van der Waals surface area contributed by atoms with Crippen LogP contribution < -0.4 is 10.6 Å². The Hall–Kier alpha value is -4.86. The van der Waals surface area contributed by atoms with Gasteiger partial charge in [-0.3, -0.25) is 28.8 Å².